The summed E-state index contributed by atoms with van der Waals surface area (Å²) in [6, 6.07) is 6.72. The van der Waals surface area contributed by atoms with Crippen LogP contribution >= 0.6 is 0 Å². The van der Waals surface area contributed by atoms with Crippen LogP contribution in [0.5, 0.6) is 5.75 Å². The smallest absolute Gasteiger partial charge is 0.339 e. The van der Waals surface area contributed by atoms with E-state index >= 15 is 0 Å². The van der Waals surface area contributed by atoms with Gasteiger partial charge in [0, 0.05) is 0 Å². The van der Waals surface area contributed by atoms with Crippen LogP contribution in [0, 0.1) is 12.3 Å². The summed E-state index contributed by atoms with van der Waals surface area (Å²) in [6.07, 6.45) is 4.97. The van der Waals surface area contributed by atoms with Crippen LogP contribution in [0.15, 0.2) is 24.3 Å². The van der Waals surface area contributed by atoms with Crippen molar-refractivity contribution in [2.45, 2.75) is 6.92 Å². The molecule has 0 amide bonds. The Morgan fingerprint density at radius 3 is 2.60 bits per heavy atom. The number of hydrogen-bond acceptors (Lipinski definition) is 3. The molecule has 0 bridgehead atoms. The third-order valence-corrected chi connectivity index (χ3v) is 1.69. The second-order valence-electron chi connectivity index (χ2n) is 2.74. The quantitative estimate of drug-likeness (QED) is 0.555. The fourth-order valence-electron chi connectivity index (χ4n) is 1.04. The summed E-state index contributed by atoms with van der Waals surface area (Å²) in [5.74, 6) is 2.54. The van der Waals surface area contributed by atoms with Gasteiger partial charge in [-0.15, -0.1) is 6.42 Å². The number of benzene rings is 1. The first-order valence-corrected chi connectivity index (χ1v) is 4.61. The number of carbonyl (C=O) groups excluding carboxylic acids is 1. The van der Waals surface area contributed by atoms with Gasteiger partial charge < -0.3 is 9.47 Å². The standard InChI is InChI=1S/C12H12O3/c1-3-9-15-12(13)10-5-7-11(8-6-10)14-4-2/h1,5-8H,4,9H2,2H3. The molecule has 0 aliphatic heterocycles. The zero-order valence-electron chi connectivity index (χ0n) is 8.53. The molecule has 78 valence electrons. The molecule has 0 N–H and O–H groups in total. The van der Waals surface area contributed by atoms with Crippen molar-refractivity contribution in [1.82, 2.24) is 0 Å². The first-order valence-electron chi connectivity index (χ1n) is 4.61. The number of hydrogen-bond donors (Lipinski definition) is 0. The largest absolute Gasteiger partial charge is 0.494 e. The van der Waals surface area contributed by atoms with E-state index in [4.69, 9.17) is 15.9 Å². The van der Waals surface area contributed by atoms with E-state index in [-0.39, 0.29) is 6.61 Å². The minimum Gasteiger partial charge on any atom is -0.494 e. The molecule has 0 fully saturated rings. The van der Waals surface area contributed by atoms with Crippen LogP contribution in [0.2, 0.25) is 0 Å². The SMILES string of the molecule is C#CCOC(=O)c1ccc(OCC)cc1. The van der Waals surface area contributed by atoms with Crippen molar-refractivity contribution >= 4 is 5.97 Å². The van der Waals surface area contributed by atoms with Crippen LogP contribution < -0.4 is 4.74 Å². The van der Waals surface area contributed by atoms with Crippen LogP contribution in [0.1, 0.15) is 17.3 Å². The lowest BCUT2D eigenvalue weighted by atomic mass is 10.2. The topological polar surface area (TPSA) is 35.5 Å². The maximum Gasteiger partial charge on any atom is 0.339 e. The summed E-state index contributed by atoms with van der Waals surface area (Å²) in [5.41, 5.74) is 0.466. The molecule has 1 rings (SSSR count). The Morgan fingerprint density at radius 2 is 2.07 bits per heavy atom. The van der Waals surface area contributed by atoms with Crippen LogP contribution in [0.25, 0.3) is 0 Å². The number of carbonyl (C=O) groups is 1. The molecule has 0 aromatic heterocycles. The molecular formula is C12H12O3. The van der Waals surface area contributed by atoms with Crippen LogP contribution in [0.4, 0.5) is 0 Å². The highest BCUT2D eigenvalue weighted by molar-refractivity contribution is 5.89. The highest BCUT2D eigenvalue weighted by Crippen LogP contribution is 2.12. The molecule has 0 saturated carbocycles. The second-order valence-corrected chi connectivity index (χ2v) is 2.74. The van der Waals surface area contributed by atoms with Crippen molar-refractivity contribution in [1.29, 1.82) is 0 Å². The molecule has 3 heteroatoms. The zero-order valence-corrected chi connectivity index (χ0v) is 8.53. The number of rotatable bonds is 4. The molecular weight excluding hydrogens is 192 g/mol. The summed E-state index contributed by atoms with van der Waals surface area (Å²) >= 11 is 0. The van der Waals surface area contributed by atoms with E-state index in [2.05, 4.69) is 5.92 Å². The van der Waals surface area contributed by atoms with Crippen LogP contribution in [-0.4, -0.2) is 19.2 Å². The Labute approximate surface area is 89.0 Å². The molecule has 0 unspecified atom stereocenters. The van der Waals surface area contributed by atoms with Crippen molar-refractivity contribution in [3.63, 3.8) is 0 Å². The molecule has 0 atom stereocenters. The van der Waals surface area contributed by atoms with E-state index in [1.165, 1.54) is 0 Å². The Morgan fingerprint density at radius 1 is 1.40 bits per heavy atom. The number of ether oxygens (including phenoxy) is 2. The molecule has 0 saturated heterocycles. The minimum absolute atomic E-state index is 0.00789. The lowest BCUT2D eigenvalue weighted by Crippen LogP contribution is -2.05. The van der Waals surface area contributed by atoms with Gasteiger partial charge in [0.2, 0.25) is 0 Å². The van der Waals surface area contributed by atoms with Crippen molar-refractivity contribution in [2.75, 3.05) is 13.2 Å². The summed E-state index contributed by atoms with van der Waals surface area (Å²) in [4.78, 5) is 11.3. The summed E-state index contributed by atoms with van der Waals surface area (Å²) in [7, 11) is 0. The van der Waals surface area contributed by atoms with Crippen molar-refractivity contribution in [3.8, 4) is 18.1 Å². The molecule has 0 heterocycles. The fourth-order valence-corrected chi connectivity index (χ4v) is 1.04. The average Bonchev–Trinajstić information content (AvgIpc) is 2.27. The number of esters is 1. The van der Waals surface area contributed by atoms with E-state index in [1.807, 2.05) is 6.92 Å². The van der Waals surface area contributed by atoms with Gasteiger partial charge in [-0.1, -0.05) is 5.92 Å². The lowest BCUT2D eigenvalue weighted by molar-refractivity contribution is 0.0557. The maximum absolute atomic E-state index is 11.3. The Kier molecular flexibility index (Phi) is 4.24. The first kappa shape index (κ1) is 11.1. The van der Waals surface area contributed by atoms with Gasteiger partial charge >= 0.3 is 5.97 Å². The summed E-state index contributed by atoms with van der Waals surface area (Å²) in [5, 5.41) is 0. The molecule has 0 radical (unpaired) electrons. The molecule has 0 aliphatic rings. The van der Waals surface area contributed by atoms with Crippen LogP contribution in [0.3, 0.4) is 0 Å². The van der Waals surface area contributed by atoms with Crippen molar-refractivity contribution in [3.05, 3.63) is 29.8 Å². The summed E-state index contributed by atoms with van der Waals surface area (Å²) in [6.45, 7) is 2.49. The lowest BCUT2D eigenvalue weighted by Gasteiger charge is -2.04. The normalized spacial score (nSPS) is 9.07. The molecule has 1 aromatic rings. The van der Waals surface area contributed by atoms with E-state index < -0.39 is 5.97 Å². The maximum atomic E-state index is 11.3. The third-order valence-electron chi connectivity index (χ3n) is 1.69. The Hall–Kier alpha value is -1.95. The highest BCUT2D eigenvalue weighted by Gasteiger charge is 2.05. The van der Waals surface area contributed by atoms with Gasteiger partial charge in [0.05, 0.1) is 12.2 Å². The minimum atomic E-state index is -0.420. The van der Waals surface area contributed by atoms with Gasteiger partial charge in [0.1, 0.15) is 5.75 Å². The average molecular weight is 204 g/mol. The Balaban J connectivity index is 2.63. The third kappa shape index (κ3) is 3.35. The van der Waals surface area contributed by atoms with Gasteiger partial charge in [-0.05, 0) is 31.2 Å². The number of terminal acetylenes is 1. The first-order chi connectivity index (χ1) is 7.27. The predicted octanol–water partition coefficient (Wildman–Crippen LogP) is 1.88. The predicted molar refractivity (Wildman–Crippen MR) is 56.7 cm³/mol. The molecule has 15 heavy (non-hydrogen) atoms. The van der Waals surface area contributed by atoms with Gasteiger partial charge in [-0.25, -0.2) is 4.79 Å². The summed E-state index contributed by atoms with van der Waals surface area (Å²) < 4.78 is 10.00. The monoisotopic (exact) mass is 204 g/mol. The highest BCUT2D eigenvalue weighted by atomic mass is 16.5. The Bertz CT molecular complexity index is 359. The van der Waals surface area contributed by atoms with E-state index in [9.17, 15) is 4.79 Å². The molecule has 3 nitrogen and oxygen atoms in total. The molecule has 0 spiro atoms. The van der Waals surface area contributed by atoms with Crippen LogP contribution in [-0.2, 0) is 4.74 Å². The van der Waals surface area contributed by atoms with E-state index in [0.29, 0.717) is 12.2 Å². The molecule has 1 aromatic carbocycles. The van der Waals surface area contributed by atoms with Gasteiger partial charge in [0.25, 0.3) is 0 Å². The van der Waals surface area contributed by atoms with Gasteiger partial charge in [-0.3, -0.25) is 0 Å². The van der Waals surface area contributed by atoms with Gasteiger partial charge in [-0.2, -0.15) is 0 Å². The zero-order chi connectivity index (χ0) is 11.1. The van der Waals surface area contributed by atoms with Crippen molar-refractivity contribution in [2.24, 2.45) is 0 Å². The van der Waals surface area contributed by atoms with E-state index in [1.54, 1.807) is 24.3 Å². The van der Waals surface area contributed by atoms with E-state index in [0.717, 1.165) is 5.75 Å². The second kappa shape index (κ2) is 5.71. The van der Waals surface area contributed by atoms with Gasteiger partial charge in [0.15, 0.2) is 6.61 Å². The fraction of sp³-hybridized carbons (Fsp3) is 0.250. The molecule has 0 aliphatic carbocycles. The van der Waals surface area contributed by atoms with Crippen molar-refractivity contribution < 1.29 is 14.3 Å².